The standard InChI is InChI=1S/C25H18BrN3O3/c1-15-2-8-21-22(10-15)29-24(28-21)19(13-27)11-18-12-20(26)7-9-23(18)32-14-16-3-5-17(6-4-16)25(30)31/h2-12H,14H2,1H3,(H,28,29)(H,30,31). The number of allylic oxidation sites excluding steroid dienone is 1. The third-order valence-electron chi connectivity index (χ3n) is 4.88. The molecule has 0 fully saturated rings. The van der Waals surface area contributed by atoms with Crippen LogP contribution in [-0.4, -0.2) is 21.0 Å². The van der Waals surface area contributed by atoms with Crippen LogP contribution < -0.4 is 4.74 Å². The van der Waals surface area contributed by atoms with E-state index in [2.05, 4.69) is 32.0 Å². The van der Waals surface area contributed by atoms with Gasteiger partial charge >= 0.3 is 5.97 Å². The summed E-state index contributed by atoms with van der Waals surface area (Å²) in [6, 6.07) is 20.2. The number of H-pyrrole nitrogens is 1. The highest BCUT2D eigenvalue weighted by atomic mass is 79.9. The van der Waals surface area contributed by atoms with Gasteiger partial charge in [-0.3, -0.25) is 0 Å². The number of rotatable bonds is 6. The summed E-state index contributed by atoms with van der Waals surface area (Å²) in [7, 11) is 0. The molecule has 0 aliphatic carbocycles. The SMILES string of the molecule is Cc1ccc2nc(C(C#N)=Cc3cc(Br)ccc3OCc3ccc(C(=O)O)cc3)[nH]c2c1. The molecular weight excluding hydrogens is 470 g/mol. The van der Waals surface area contributed by atoms with Crippen LogP contribution in [0.1, 0.15) is 32.9 Å². The number of halogens is 1. The lowest BCUT2D eigenvalue weighted by Crippen LogP contribution is -2.00. The molecule has 6 nitrogen and oxygen atoms in total. The molecule has 0 aliphatic rings. The van der Waals surface area contributed by atoms with Crippen LogP contribution in [0, 0.1) is 18.3 Å². The monoisotopic (exact) mass is 487 g/mol. The van der Waals surface area contributed by atoms with Gasteiger partial charge in [-0.2, -0.15) is 5.26 Å². The van der Waals surface area contributed by atoms with Gasteiger partial charge in [0.2, 0.25) is 0 Å². The maximum atomic E-state index is 11.0. The second-order valence-electron chi connectivity index (χ2n) is 7.25. The number of nitrogens with one attached hydrogen (secondary N) is 1. The van der Waals surface area contributed by atoms with E-state index < -0.39 is 5.97 Å². The summed E-state index contributed by atoms with van der Waals surface area (Å²) >= 11 is 3.47. The van der Waals surface area contributed by atoms with E-state index in [1.807, 2.05) is 43.3 Å². The molecule has 0 atom stereocenters. The molecule has 2 N–H and O–H groups in total. The summed E-state index contributed by atoms with van der Waals surface area (Å²) in [5.41, 5.74) is 4.93. The summed E-state index contributed by atoms with van der Waals surface area (Å²) in [5.74, 6) is 0.112. The van der Waals surface area contributed by atoms with Crippen molar-refractivity contribution in [3.8, 4) is 11.8 Å². The minimum Gasteiger partial charge on any atom is -0.488 e. The Bertz CT molecular complexity index is 1380. The molecule has 0 saturated heterocycles. The van der Waals surface area contributed by atoms with Crippen molar-refractivity contribution in [1.29, 1.82) is 5.26 Å². The number of nitrogens with zero attached hydrogens (tertiary/aromatic N) is 2. The van der Waals surface area contributed by atoms with Gasteiger partial charge in [0.15, 0.2) is 0 Å². The molecule has 1 heterocycles. The van der Waals surface area contributed by atoms with Gasteiger partial charge in [0.25, 0.3) is 0 Å². The van der Waals surface area contributed by atoms with Crippen LogP contribution in [0.2, 0.25) is 0 Å². The molecule has 1 aromatic heterocycles. The zero-order valence-electron chi connectivity index (χ0n) is 17.1. The molecule has 0 unspecified atom stereocenters. The number of imidazole rings is 1. The molecule has 32 heavy (non-hydrogen) atoms. The summed E-state index contributed by atoms with van der Waals surface area (Å²) < 4.78 is 6.83. The fraction of sp³-hybridized carbons (Fsp3) is 0.0800. The number of aromatic nitrogens is 2. The van der Waals surface area contributed by atoms with Gasteiger partial charge < -0.3 is 14.8 Å². The van der Waals surface area contributed by atoms with Gasteiger partial charge in [-0.25, -0.2) is 9.78 Å². The van der Waals surface area contributed by atoms with E-state index >= 15 is 0 Å². The smallest absolute Gasteiger partial charge is 0.335 e. The number of carboxylic acid groups (broad SMARTS) is 1. The highest BCUT2D eigenvalue weighted by molar-refractivity contribution is 9.10. The minimum absolute atomic E-state index is 0.223. The number of hydrogen-bond acceptors (Lipinski definition) is 4. The van der Waals surface area contributed by atoms with E-state index in [-0.39, 0.29) is 12.2 Å². The summed E-state index contributed by atoms with van der Waals surface area (Å²) in [4.78, 5) is 18.8. The first-order valence-electron chi connectivity index (χ1n) is 9.76. The minimum atomic E-state index is -0.970. The molecule has 0 bridgehead atoms. The number of nitriles is 1. The van der Waals surface area contributed by atoms with Crippen LogP contribution in [0.5, 0.6) is 5.75 Å². The Morgan fingerprint density at radius 3 is 2.69 bits per heavy atom. The fourth-order valence-corrected chi connectivity index (χ4v) is 3.61. The predicted molar refractivity (Wildman–Crippen MR) is 126 cm³/mol. The Hall–Kier alpha value is -3.89. The molecule has 7 heteroatoms. The second-order valence-corrected chi connectivity index (χ2v) is 8.16. The third kappa shape index (κ3) is 4.71. The molecule has 0 aliphatic heterocycles. The molecule has 4 rings (SSSR count). The third-order valence-corrected chi connectivity index (χ3v) is 5.37. The quantitative estimate of drug-likeness (QED) is 0.326. The summed E-state index contributed by atoms with van der Waals surface area (Å²) in [6.45, 7) is 2.26. The summed E-state index contributed by atoms with van der Waals surface area (Å²) in [5, 5.41) is 18.8. The van der Waals surface area contributed by atoms with Crippen LogP contribution in [-0.2, 0) is 6.61 Å². The number of aryl methyl sites for hydroxylation is 1. The van der Waals surface area contributed by atoms with Crippen molar-refractivity contribution in [3.05, 3.63) is 93.2 Å². The fourth-order valence-electron chi connectivity index (χ4n) is 3.23. The van der Waals surface area contributed by atoms with Gasteiger partial charge in [-0.15, -0.1) is 0 Å². The Kier molecular flexibility index (Phi) is 6.06. The van der Waals surface area contributed by atoms with Crippen molar-refractivity contribution in [2.24, 2.45) is 0 Å². The van der Waals surface area contributed by atoms with Gasteiger partial charge in [0.1, 0.15) is 24.3 Å². The number of hydrogen-bond donors (Lipinski definition) is 2. The number of carbonyl (C=O) groups is 1. The predicted octanol–water partition coefficient (Wildman–Crippen LogP) is 5.98. The van der Waals surface area contributed by atoms with Gasteiger partial charge in [0.05, 0.1) is 22.2 Å². The molecule has 3 aromatic carbocycles. The van der Waals surface area contributed by atoms with Crippen LogP contribution in [0.4, 0.5) is 0 Å². The molecule has 4 aromatic rings. The largest absolute Gasteiger partial charge is 0.488 e. The number of ether oxygens (including phenoxy) is 1. The Morgan fingerprint density at radius 1 is 1.19 bits per heavy atom. The molecule has 0 radical (unpaired) electrons. The summed E-state index contributed by atoms with van der Waals surface area (Å²) in [6.07, 6.45) is 1.73. The van der Waals surface area contributed by atoms with Crippen molar-refractivity contribution in [1.82, 2.24) is 9.97 Å². The van der Waals surface area contributed by atoms with Crippen LogP contribution >= 0.6 is 15.9 Å². The number of fused-ring (bicyclic) bond motifs is 1. The first-order chi connectivity index (χ1) is 15.4. The average Bonchev–Trinajstić information content (AvgIpc) is 3.20. The first-order valence-corrected chi connectivity index (χ1v) is 10.6. The normalized spacial score (nSPS) is 11.3. The van der Waals surface area contributed by atoms with E-state index in [1.54, 1.807) is 30.3 Å². The van der Waals surface area contributed by atoms with Gasteiger partial charge in [0, 0.05) is 10.0 Å². The lowest BCUT2D eigenvalue weighted by molar-refractivity contribution is 0.0697. The lowest BCUT2D eigenvalue weighted by Gasteiger charge is -2.10. The highest BCUT2D eigenvalue weighted by Gasteiger charge is 2.11. The Labute approximate surface area is 192 Å². The van der Waals surface area contributed by atoms with E-state index in [4.69, 9.17) is 9.84 Å². The van der Waals surface area contributed by atoms with Crippen molar-refractivity contribution in [3.63, 3.8) is 0 Å². The molecule has 158 valence electrons. The number of benzene rings is 3. The lowest BCUT2D eigenvalue weighted by atomic mass is 10.1. The van der Waals surface area contributed by atoms with E-state index in [9.17, 15) is 10.1 Å². The number of carboxylic acids is 1. The van der Waals surface area contributed by atoms with Crippen LogP contribution in [0.25, 0.3) is 22.7 Å². The van der Waals surface area contributed by atoms with Crippen molar-refractivity contribution >= 4 is 44.6 Å². The van der Waals surface area contributed by atoms with Gasteiger partial charge in [-0.05, 0) is 66.6 Å². The number of aromatic amines is 1. The van der Waals surface area contributed by atoms with E-state index in [0.29, 0.717) is 17.1 Å². The molecule has 0 spiro atoms. The van der Waals surface area contributed by atoms with Crippen molar-refractivity contribution in [2.75, 3.05) is 0 Å². The second kappa shape index (κ2) is 9.08. The molecule has 0 saturated carbocycles. The van der Waals surface area contributed by atoms with Crippen molar-refractivity contribution < 1.29 is 14.6 Å². The van der Waals surface area contributed by atoms with Crippen LogP contribution in [0.15, 0.2) is 65.1 Å². The zero-order chi connectivity index (χ0) is 22.7. The average molecular weight is 488 g/mol. The zero-order valence-corrected chi connectivity index (χ0v) is 18.7. The van der Waals surface area contributed by atoms with Gasteiger partial charge in [-0.1, -0.05) is 34.1 Å². The molecular formula is C25H18BrN3O3. The van der Waals surface area contributed by atoms with E-state index in [0.717, 1.165) is 32.2 Å². The maximum Gasteiger partial charge on any atom is 0.335 e. The Balaban J connectivity index is 1.63. The number of aromatic carboxylic acids is 1. The topological polar surface area (TPSA) is 99.0 Å². The first kappa shape index (κ1) is 21.3. The molecule has 0 amide bonds. The van der Waals surface area contributed by atoms with Crippen LogP contribution in [0.3, 0.4) is 0 Å². The maximum absolute atomic E-state index is 11.0. The Morgan fingerprint density at radius 2 is 1.97 bits per heavy atom. The highest BCUT2D eigenvalue weighted by Crippen LogP contribution is 2.28. The van der Waals surface area contributed by atoms with Crippen molar-refractivity contribution in [2.45, 2.75) is 13.5 Å². The van der Waals surface area contributed by atoms with E-state index in [1.165, 1.54) is 0 Å².